The highest BCUT2D eigenvalue weighted by Gasteiger charge is 2.43. The maximum absolute atomic E-state index is 13.9. The molecule has 2 nitrogen and oxygen atoms in total. The SMILES string of the molecule is CCOC1(C(O)c2ccc(F)cc2F)CCC(C)CC1. The largest absolute Gasteiger partial charge is 0.385 e. The Morgan fingerprint density at radius 2 is 2.00 bits per heavy atom. The van der Waals surface area contributed by atoms with Crippen molar-refractivity contribution in [3.8, 4) is 0 Å². The minimum absolute atomic E-state index is 0.120. The topological polar surface area (TPSA) is 29.5 Å². The van der Waals surface area contributed by atoms with Crippen molar-refractivity contribution in [3.05, 3.63) is 35.4 Å². The zero-order valence-electron chi connectivity index (χ0n) is 12.0. The highest BCUT2D eigenvalue weighted by atomic mass is 19.1. The Hall–Kier alpha value is -1.00. The lowest BCUT2D eigenvalue weighted by Crippen LogP contribution is -2.43. The number of halogens is 2. The Morgan fingerprint density at radius 3 is 2.55 bits per heavy atom. The molecule has 1 saturated carbocycles. The molecule has 1 N–H and O–H groups in total. The van der Waals surface area contributed by atoms with E-state index >= 15 is 0 Å². The average molecular weight is 284 g/mol. The summed E-state index contributed by atoms with van der Waals surface area (Å²) in [6, 6.07) is 3.30. The van der Waals surface area contributed by atoms with Crippen molar-refractivity contribution in [1.29, 1.82) is 0 Å². The van der Waals surface area contributed by atoms with Crippen LogP contribution < -0.4 is 0 Å². The summed E-state index contributed by atoms with van der Waals surface area (Å²) in [6.07, 6.45) is 2.22. The van der Waals surface area contributed by atoms with Gasteiger partial charge in [0.05, 0.1) is 5.60 Å². The van der Waals surface area contributed by atoms with Crippen molar-refractivity contribution >= 4 is 0 Å². The fourth-order valence-electron chi connectivity index (χ4n) is 3.04. The smallest absolute Gasteiger partial charge is 0.132 e. The van der Waals surface area contributed by atoms with Gasteiger partial charge in [-0.2, -0.15) is 0 Å². The molecule has 1 atom stereocenters. The maximum atomic E-state index is 13.9. The van der Waals surface area contributed by atoms with Crippen molar-refractivity contribution in [2.75, 3.05) is 6.61 Å². The first-order valence-electron chi connectivity index (χ1n) is 7.25. The Balaban J connectivity index is 2.28. The number of hydrogen-bond donors (Lipinski definition) is 1. The van der Waals surface area contributed by atoms with Crippen LogP contribution in [0.15, 0.2) is 18.2 Å². The lowest BCUT2D eigenvalue weighted by molar-refractivity contribution is -0.147. The molecule has 2 rings (SSSR count). The zero-order valence-corrected chi connectivity index (χ0v) is 12.0. The third-order valence-electron chi connectivity index (χ3n) is 4.31. The van der Waals surface area contributed by atoms with E-state index in [0.717, 1.165) is 18.9 Å². The molecule has 1 aliphatic rings. The van der Waals surface area contributed by atoms with Gasteiger partial charge in [-0.05, 0) is 44.6 Å². The summed E-state index contributed by atoms with van der Waals surface area (Å²) in [4.78, 5) is 0. The predicted octanol–water partition coefficient (Wildman–Crippen LogP) is 3.98. The van der Waals surface area contributed by atoms with Crippen LogP contribution in [-0.2, 0) is 4.74 Å². The Morgan fingerprint density at radius 1 is 1.35 bits per heavy atom. The number of hydrogen-bond acceptors (Lipinski definition) is 2. The van der Waals surface area contributed by atoms with Crippen molar-refractivity contribution in [1.82, 2.24) is 0 Å². The molecule has 0 amide bonds. The van der Waals surface area contributed by atoms with Gasteiger partial charge in [0, 0.05) is 18.2 Å². The first-order valence-corrected chi connectivity index (χ1v) is 7.25. The first kappa shape index (κ1) is 15.4. The molecule has 1 aliphatic carbocycles. The number of benzene rings is 1. The molecule has 1 fully saturated rings. The van der Waals surface area contributed by atoms with Gasteiger partial charge in [-0.15, -0.1) is 0 Å². The van der Waals surface area contributed by atoms with Crippen LogP contribution in [-0.4, -0.2) is 17.3 Å². The zero-order chi connectivity index (χ0) is 14.8. The summed E-state index contributed by atoms with van der Waals surface area (Å²) in [6.45, 7) is 4.50. The van der Waals surface area contributed by atoms with E-state index in [1.54, 1.807) is 0 Å². The summed E-state index contributed by atoms with van der Waals surface area (Å²) < 4.78 is 32.7. The van der Waals surface area contributed by atoms with E-state index in [-0.39, 0.29) is 5.56 Å². The molecule has 0 aliphatic heterocycles. The molecular weight excluding hydrogens is 262 g/mol. The normalized spacial score (nSPS) is 28.4. The summed E-state index contributed by atoms with van der Waals surface area (Å²) >= 11 is 0. The molecule has 1 aromatic rings. The fourth-order valence-corrected chi connectivity index (χ4v) is 3.04. The lowest BCUT2D eigenvalue weighted by Gasteiger charge is -2.42. The minimum atomic E-state index is -1.06. The first-order chi connectivity index (χ1) is 9.48. The molecule has 0 radical (unpaired) electrons. The van der Waals surface area contributed by atoms with Crippen LogP contribution in [0, 0.1) is 17.6 Å². The van der Waals surface area contributed by atoms with Crippen LogP contribution in [0.5, 0.6) is 0 Å². The van der Waals surface area contributed by atoms with Gasteiger partial charge in [0.25, 0.3) is 0 Å². The number of aliphatic hydroxyl groups excluding tert-OH is 1. The van der Waals surface area contributed by atoms with Gasteiger partial charge in [-0.1, -0.05) is 13.0 Å². The molecule has 112 valence electrons. The monoisotopic (exact) mass is 284 g/mol. The summed E-state index contributed by atoms with van der Waals surface area (Å²) in [7, 11) is 0. The molecule has 0 bridgehead atoms. The van der Waals surface area contributed by atoms with Gasteiger partial charge in [0.2, 0.25) is 0 Å². The molecule has 20 heavy (non-hydrogen) atoms. The predicted molar refractivity (Wildman–Crippen MR) is 73.3 cm³/mol. The Kier molecular flexibility index (Phi) is 4.76. The molecule has 0 aromatic heterocycles. The van der Waals surface area contributed by atoms with Crippen LogP contribution >= 0.6 is 0 Å². The highest BCUT2D eigenvalue weighted by molar-refractivity contribution is 5.24. The van der Waals surface area contributed by atoms with Gasteiger partial charge in [-0.25, -0.2) is 8.78 Å². The van der Waals surface area contributed by atoms with Gasteiger partial charge in [0.15, 0.2) is 0 Å². The maximum Gasteiger partial charge on any atom is 0.132 e. The second-order valence-electron chi connectivity index (χ2n) is 5.75. The van der Waals surface area contributed by atoms with Crippen LogP contribution in [0.4, 0.5) is 8.78 Å². The van der Waals surface area contributed by atoms with E-state index in [1.807, 2.05) is 6.92 Å². The van der Waals surface area contributed by atoms with Gasteiger partial charge >= 0.3 is 0 Å². The summed E-state index contributed by atoms with van der Waals surface area (Å²) in [5, 5.41) is 10.6. The van der Waals surface area contributed by atoms with Crippen molar-refractivity contribution in [2.45, 2.75) is 51.2 Å². The van der Waals surface area contributed by atoms with Crippen LogP contribution in [0.25, 0.3) is 0 Å². The molecule has 0 saturated heterocycles. The van der Waals surface area contributed by atoms with E-state index < -0.39 is 23.3 Å². The lowest BCUT2D eigenvalue weighted by atomic mass is 9.74. The summed E-state index contributed by atoms with van der Waals surface area (Å²) in [5.74, 6) is -0.759. The average Bonchev–Trinajstić information content (AvgIpc) is 2.41. The van der Waals surface area contributed by atoms with Crippen molar-refractivity contribution in [3.63, 3.8) is 0 Å². The molecule has 1 unspecified atom stereocenters. The van der Waals surface area contributed by atoms with E-state index in [2.05, 4.69) is 6.92 Å². The van der Waals surface area contributed by atoms with Gasteiger partial charge in [0.1, 0.15) is 17.7 Å². The second-order valence-corrected chi connectivity index (χ2v) is 5.75. The molecule has 1 aromatic carbocycles. The summed E-state index contributed by atoms with van der Waals surface area (Å²) in [5.41, 5.74) is -0.630. The number of aliphatic hydroxyl groups is 1. The van der Waals surface area contributed by atoms with E-state index in [9.17, 15) is 13.9 Å². The van der Waals surface area contributed by atoms with Crippen molar-refractivity contribution in [2.24, 2.45) is 5.92 Å². The number of rotatable bonds is 4. The molecule has 0 heterocycles. The third-order valence-corrected chi connectivity index (χ3v) is 4.31. The minimum Gasteiger partial charge on any atom is -0.385 e. The van der Waals surface area contributed by atoms with E-state index in [0.29, 0.717) is 25.4 Å². The third kappa shape index (κ3) is 3.01. The van der Waals surface area contributed by atoms with E-state index in [4.69, 9.17) is 4.74 Å². The fraction of sp³-hybridized carbons (Fsp3) is 0.625. The molecule has 4 heteroatoms. The van der Waals surface area contributed by atoms with E-state index in [1.165, 1.54) is 12.1 Å². The molecular formula is C16H22F2O2. The molecule has 0 spiro atoms. The van der Waals surface area contributed by atoms with Crippen LogP contribution in [0.2, 0.25) is 0 Å². The standard InChI is InChI=1S/C16H22F2O2/c1-3-20-16(8-6-11(2)7-9-16)15(19)13-5-4-12(17)10-14(13)18/h4-5,10-11,15,19H,3,6-9H2,1-2H3. The van der Waals surface area contributed by atoms with Crippen LogP contribution in [0.3, 0.4) is 0 Å². The number of ether oxygens (including phenoxy) is 1. The van der Waals surface area contributed by atoms with Crippen molar-refractivity contribution < 1.29 is 18.6 Å². The second kappa shape index (κ2) is 6.19. The Bertz CT molecular complexity index is 454. The van der Waals surface area contributed by atoms with Gasteiger partial charge < -0.3 is 9.84 Å². The van der Waals surface area contributed by atoms with Crippen LogP contribution in [0.1, 0.15) is 51.2 Å². The Labute approximate surface area is 118 Å². The quantitative estimate of drug-likeness (QED) is 0.906. The van der Waals surface area contributed by atoms with Gasteiger partial charge in [-0.3, -0.25) is 0 Å². The highest BCUT2D eigenvalue weighted by Crippen LogP contribution is 2.43.